The number of nitrogens with zero attached hydrogens (tertiary/aromatic N) is 2. The SMILES string of the molecule is CC.Cc1ccc(Nc2c(C(=O)NC3CC3)c(Oc3cccc(N(CC(F)(F)F)SNC4CC4)c3Cl)c(C)c(=O)n2C)c(F)c1. The fourth-order valence-corrected chi connectivity index (χ4v) is 5.57. The van der Waals surface area contributed by atoms with Crippen molar-refractivity contribution in [2.24, 2.45) is 7.05 Å². The first-order valence-corrected chi connectivity index (χ1v) is 15.8. The summed E-state index contributed by atoms with van der Waals surface area (Å²) < 4.78 is 66.7. The minimum absolute atomic E-state index is 0.0262. The first kappa shape index (κ1) is 34.5. The van der Waals surface area contributed by atoms with Crippen LogP contribution in [0.4, 0.5) is 34.8 Å². The van der Waals surface area contributed by atoms with Crippen LogP contribution in [0.2, 0.25) is 5.02 Å². The van der Waals surface area contributed by atoms with Crippen LogP contribution in [-0.4, -0.2) is 35.3 Å². The lowest BCUT2D eigenvalue weighted by Crippen LogP contribution is -2.32. The predicted octanol–water partition coefficient (Wildman–Crippen LogP) is 7.93. The van der Waals surface area contributed by atoms with Crippen LogP contribution in [0.1, 0.15) is 61.0 Å². The summed E-state index contributed by atoms with van der Waals surface area (Å²) >= 11 is 7.44. The molecule has 0 saturated heterocycles. The number of anilines is 3. The van der Waals surface area contributed by atoms with Crippen LogP contribution >= 0.6 is 23.7 Å². The van der Waals surface area contributed by atoms with Crippen molar-refractivity contribution in [2.45, 2.75) is 71.6 Å². The topological polar surface area (TPSA) is 87.6 Å². The van der Waals surface area contributed by atoms with Gasteiger partial charge in [0.2, 0.25) is 0 Å². The predicted molar refractivity (Wildman–Crippen MR) is 171 cm³/mol. The quantitative estimate of drug-likeness (QED) is 0.141. The molecular weight excluding hydrogens is 634 g/mol. The molecule has 5 rings (SSSR count). The Hall–Kier alpha value is -3.42. The summed E-state index contributed by atoms with van der Waals surface area (Å²) in [6, 6.07) is 8.84. The van der Waals surface area contributed by atoms with E-state index < -0.39 is 30.0 Å². The molecule has 1 amide bonds. The van der Waals surface area contributed by atoms with Gasteiger partial charge in [-0.25, -0.2) is 9.11 Å². The number of benzene rings is 2. The number of hydrogen-bond donors (Lipinski definition) is 3. The second-order valence-electron chi connectivity index (χ2n) is 10.7. The van der Waals surface area contributed by atoms with Gasteiger partial charge in [0.15, 0.2) is 5.75 Å². The van der Waals surface area contributed by atoms with Crippen molar-refractivity contribution in [3.05, 3.63) is 74.3 Å². The van der Waals surface area contributed by atoms with Crippen LogP contribution in [0.15, 0.2) is 41.2 Å². The van der Waals surface area contributed by atoms with Gasteiger partial charge in [-0.05, 0) is 69.4 Å². The fourth-order valence-electron chi connectivity index (χ4n) is 4.28. The number of nitrogens with one attached hydrogen (secondary N) is 3. The van der Waals surface area contributed by atoms with E-state index in [1.165, 1.54) is 48.9 Å². The summed E-state index contributed by atoms with van der Waals surface area (Å²) in [6.07, 6.45) is -1.25. The molecule has 2 aliphatic rings. The number of halogens is 5. The Morgan fingerprint density at radius 1 is 1.11 bits per heavy atom. The Labute approximate surface area is 268 Å². The third-order valence-corrected chi connectivity index (χ3v) is 8.30. The Morgan fingerprint density at radius 2 is 1.78 bits per heavy atom. The fraction of sp³-hybridized carbons (Fsp3) is 0.419. The number of ether oxygens (including phenoxy) is 1. The molecule has 45 heavy (non-hydrogen) atoms. The maximum absolute atomic E-state index is 14.9. The van der Waals surface area contributed by atoms with E-state index in [1.54, 1.807) is 13.0 Å². The van der Waals surface area contributed by atoms with Gasteiger partial charge in [-0.2, -0.15) is 13.2 Å². The lowest BCUT2D eigenvalue weighted by molar-refractivity contribution is -0.117. The zero-order valence-electron chi connectivity index (χ0n) is 25.6. The number of aromatic nitrogens is 1. The molecule has 3 N–H and O–H groups in total. The van der Waals surface area contributed by atoms with Crippen molar-refractivity contribution < 1.29 is 27.1 Å². The second-order valence-corrected chi connectivity index (χ2v) is 12.0. The lowest BCUT2D eigenvalue weighted by atomic mass is 10.1. The minimum atomic E-state index is -4.53. The average molecular weight is 670 g/mol. The van der Waals surface area contributed by atoms with Crippen molar-refractivity contribution in [3.8, 4) is 11.5 Å². The molecule has 0 bridgehead atoms. The highest BCUT2D eigenvalue weighted by molar-refractivity contribution is 7.98. The maximum atomic E-state index is 14.9. The number of rotatable bonds is 11. The highest BCUT2D eigenvalue weighted by atomic mass is 35.5. The molecule has 1 aromatic heterocycles. The van der Waals surface area contributed by atoms with Crippen molar-refractivity contribution >= 4 is 46.8 Å². The van der Waals surface area contributed by atoms with Gasteiger partial charge >= 0.3 is 6.18 Å². The molecule has 0 unspecified atom stereocenters. The molecule has 2 aromatic carbocycles. The number of hydrogen-bond acceptors (Lipinski definition) is 7. The van der Waals surface area contributed by atoms with Crippen LogP contribution in [0.25, 0.3) is 0 Å². The van der Waals surface area contributed by atoms with Gasteiger partial charge in [0.25, 0.3) is 11.5 Å². The highest BCUT2D eigenvalue weighted by Gasteiger charge is 2.35. The Bertz CT molecular complexity index is 1610. The second kappa shape index (κ2) is 14.3. The molecule has 0 atom stereocenters. The molecule has 2 saturated carbocycles. The Balaban J connectivity index is 0.00000226. The molecule has 3 aromatic rings. The van der Waals surface area contributed by atoms with Gasteiger partial charge in [-0.1, -0.05) is 37.6 Å². The smallest absolute Gasteiger partial charge is 0.406 e. The summed E-state index contributed by atoms with van der Waals surface area (Å²) in [5, 5.41) is 5.61. The van der Waals surface area contributed by atoms with Crippen LogP contribution in [0.3, 0.4) is 0 Å². The number of carbonyl (C=O) groups excluding carboxylic acids is 1. The van der Waals surface area contributed by atoms with E-state index in [2.05, 4.69) is 15.4 Å². The van der Waals surface area contributed by atoms with Crippen LogP contribution in [0, 0.1) is 19.7 Å². The molecule has 2 fully saturated rings. The summed E-state index contributed by atoms with van der Waals surface area (Å²) in [5.74, 6) is -1.41. The summed E-state index contributed by atoms with van der Waals surface area (Å²) in [7, 11) is 1.44. The van der Waals surface area contributed by atoms with Gasteiger partial charge in [-0.15, -0.1) is 0 Å². The average Bonchev–Trinajstić information content (AvgIpc) is 3.92. The molecule has 0 radical (unpaired) electrons. The lowest BCUT2D eigenvalue weighted by Gasteiger charge is -2.26. The largest absolute Gasteiger partial charge is 0.454 e. The number of pyridine rings is 1. The van der Waals surface area contributed by atoms with E-state index in [0.29, 0.717) is 5.56 Å². The first-order valence-electron chi connectivity index (χ1n) is 14.6. The molecule has 1 heterocycles. The van der Waals surface area contributed by atoms with Gasteiger partial charge in [0.05, 0.1) is 16.9 Å². The number of aryl methyl sites for hydroxylation is 1. The number of alkyl halides is 3. The van der Waals surface area contributed by atoms with Crippen molar-refractivity contribution in [1.29, 1.82) is 0 Å². The molecule has 0 spiro atoms. The van der Waals surface area contributed by atoms with E-state index >= 15 is 0 Å². The normalized spacial score (nSPS) is 14.4. The standard InChI is InChI=1S/C29H30ClF4N5O3S.C2H6/c1-15-7-12-20(19(31)13-15)36-26-23(27(40)35-17-8-9-17)25(16(2)28(41)38(26)3)42-22-6-4-5-21(24(22)30)39(14-29(32,33)34)43-37-18-10-11-18;1-2/h4-7,12-13,17-18,36-37H,8-11,14H2,1-3H3,(H,35,40);1-2H3. The first-order chi connectivity index (χ1) is 21.3. The number of carbonyl (C=O) groups is 1. The molecule has 8 nitrogen and oxygen atoms in total. The van der Waals surface area contributed by atoms with Gasteiger partial charge in [-0.3, -0.25) is 18.5 Å². The molecule has 244 valence electrons. The molecular formula is C31H36ClF4N5O3S. The van der Waals surface area contributed by atoms with Crippen molar-refractivity contribution in [3.63, 3.8) is 0 Å². The maximum Gasteiger partial charge on any atom is 0.406 e. The number of amides is 1. The van der Waals surface area contributed by atoms with Crippen LogP contribution in [-0.2, 0) is 7.05 Å². The summed E-state index contributed by atoms with van der Waals surface area (Å²) in [5.41, 5.74) is 0.167. The van der Waals surface area contributed by atoms with E-state index in [9.17, 15) is 27.2 Å². The van der Waals surface area contributed by atoms with Gasteiger partial charge in [0.1, 0.15) is 34.5 Å². The Kier molecular flexibility index (Phi) is 11.0. The van der Waals surface area contributed by atoms with E-state index in [1.807, 2.05) is 13.8 Å². The molecule has 2 aliphatic carbocycles. The van der Waals surface area contributed by atoms with Gasteiger partial charge in [0, 0.05) is 31.3 Å². The summed E-state index contributed by atoms with van der Waals surface area (Å²) in [6.45, 7) is 5.89. The van der Waals surface area contributed by atoms with E-state index in [-0.39, 0.29) is 56.9 Å². The highest BCUT2D eigenvalue weighted by Crippen LogP contribution is 2.43. The van der Waals surface area contributed by atoms with Crippen molar-refractivity contribution in [1.82, 2.24) is 14.6 Å². The van der Waals surface area contributed by atoms with Crippen LogP contribution < -0.4 is 30.0 Å². The van der Waals surface area contributed by atoms with Crippen LogP contribution in [0.5, 0.6) is 11.5 Å². The van der Waals surface area contributed by atoms with Gasteiger partial charge < -0.3 is 15.4 Å². The van der Waals surface area contributed by atoms with E-state index in [4.69, 9.17) is 16.3 Å². The van der Waals surface area contributed by atoms with E-state index in [0.717, 1.165) is 42.1 Å². The third-order valence-electron chi connectivity index (χ3n) is 6.94. The monoisotopic (exact) mass is 669 g/mol. The Morgan fingerprint density at radius 3 is 2.38 bits per heavy atom. The minimum Gasteiger partial charge on any atom is -0.454 e. The zero-order chi connectivity index (χ0) is 33.1. The molecule has 0 aliphatic heterocycles. The third kappa shape index (κ3) is 8.65. The summed E-state index contributed by atoms with van der Waals surface area (Å²) in [4.78, 5) is 27.0. The van der Waals surface area contributed by atoms with Crippen molar-refractivity contribution in [2.75, 3.05) is 16.2 Å². The molecule has 14 heteroatoms. The zero-order valence-corrected chi connectivity index (χ0v) is 27.1.